The molecule has 3 rings (SSSR count). The molecule has 1 fully saturated rings. The van der Waals surface area contributed by atoms with Gasteiger partial charge in [0.05, 0.1) is 0 Å². The molecule has 0 spiro atoms. The Morgan fingerprint density at radius 3 is 2.41 bits per heavy atom. The van der Waals surface area contributed by atoms with Crippen molar-refractivity contribution < 1.29 is 4.79 Å². The van der Waals surface area contributed by atoms with Crippen molar-refractivity contribution in [3.05, 3.63) is 71.3 Å². The molecule has 0 saturated carbocycles. The number of nitrogens with one attached hydrogen (secondary N) is 1. The molecule has 2 aromatic carbocycles. The van der Waals surface area contributed by atoms with E-state index in [-0.39, 0.29) is 11.8 Å². The average molecular weight is 365 g/mol. The van der Waals surface area contributed by atoms with E-state index < -0.39 is 0 Å². The highest BCUT2D eigenvalue weighted by Gasteiger charge is 2.23. The van der Waals surface area contributed by atoms with Gasteiger partial charge < -0.3 is 10.2 Å². The Bertz CT molecular complexity index is 720. The van der Waals surface area contributed by atoms with E-state index in [9.17, 15) is 4.79 Å². The van der Waals surface area contributed by atoms with E-state index in [1.807, 2.05) is 6.07 Å². The second kappa shape index (κ2) is 9.70. The predicted molar refractivity (Wildman–Crippen MR) is 112 cm³/mol. The average Bonchev–Trinajstić information content (AvgIpc) is 2.69. The Kier molecular flexibility index (Phi) is 7.05. The first-order chi connectivity index (χ1) is 13.2. The smallest absolute Gasteiger partial charge is 0.221 e. The monoisotopic (exact) mass is 364 g/mol. The second-order valence-electron chi connectivity index (χ2n) is 7.71. The zero-order chi connectivity index (χ0) is 19.1. The minimum atomic E-state index is 0.104. The van der Waals surface area contributed by atoms with Gasteiger partial charge in [0.15, 0.2) is 0 Å². The van der Waals surface area contributed by atoms with Crippen LogP contribution in [0.5, 0.6) is 0 Å². The lowest BCUT2D eigenvalue weighted by molar-refractivity contribution is -0.122. The molecule has 1 saturated heterocycles. The van der Waals surface area contributed by atoms with Crippen molar-refractivity contribution in [1.29, 1.82) is 0 Å². The summed E-state index contributed by atoms with van der Waals surface area (Å²) in [5.41, 5.74) is 3.70. The molecule has 1 amide bonds. The number of benzene rings is 2. The van der Waals surface area contributed by atoms with Crippen molar-refractivity contribution in [2.45, 2.75) is 51.5 Å². The van der Waals surface area contributed by atoms with E-state index in [0.717, 1.165) is 25.9 Å². The van der Waals surface area contributed by atoms with Crippen LogP contribution in [0, 0.1) is 6.92 Å². The van der Waals surface area contributed by atoms with Crippen LogP contribution in [-0.2, 0) is 4.79 Å². The molecule has 1 unspecified atom stereocenters. The molecule has 27 heavy (non-hydrogen) atoms. The number of nitrogens with zero attached hydrogens (tertiary/aromatic N) is 1. The van der Waals surface area contributed by atoms with Crippen LogP contribution in [0.15, 0.2) is 54.6 Å². The molecular formula is C24H32N2O. The van der Waals surface area contributed by atoms with Gasteiger partial charge in [-0.25, -0.2) is 0 Å². The Balaban J connectivity index is 1.66. The zero-order valence-electron chi connectivity index (χ0n) is 16.7. The predicted octanol–water partition coefficient (Wildman–Crippen LogP) is 4.51. The molecule has 1 aliphatic heterocycles. The van der Waals surface area contributed by atoms with Crippen molar-refractivity contribution in [3.63, 3.8) is 0 Å². The van der Waals surface area contributed by atoms with Crippen LogP contribution < -0.4 is 5.32 Å². The first-order valence-electron chi connectivity index (χ1n) is 10.3. The van der Waals surface area contributed by atoms with E-state index >= 15 is 0 Å². The standard InChI is InChI=1S/C24H32N2O/c1-3-15-26-16-13-21(14-17-26)25-24(27)18-23(20-10-5-4-6-11-20)22-12-8-7-9-19(22)2/h4-12,21,23H,3,13-18H2,1-2H3,(H,25,27). The lowest BCUT2D eigenvalue weighted by atomic mass is 9.85. The minimum Gasteiger partial charge on any atom is -0.353 e. The fraction of sp³-hybridized carbons (Fsp3) is 0.458. The maximum absolute atomic E-state index is 12.9. The SMILES string of the molecule is CCCN1CCC(NC(=O)CC(c2ccccc2)c2ccccc2C)CC1. The van der Waals surface area contributed by atoms with Crippen LogP contribution in [0.3, 0.4) is 0 Å². The molecule has 3 nitrogen and oxygen atoms in total. The third-order valence-corrected chi connectivity index (χ3v) is 5.65. The van der Waals surface area contributed by atoms with Gasteiger partial charge in [-0.05, 0) is 49.4 Å². The van der Waals surface area contributed by atoms with Crippen molar-refractivity contribution in [2.75, 3.05) is 19.6 Å². The Morgan fingerprint density at radius 1 is 1.07 bits per heavy atom. The van der Waals surface area contributed by atoms with Gasteiger partial charge in [-0.15, -0.1) is 0 Å². The van der Waals surface area contributed by atoms with Crippen molar-refractivity contribution in [3.8, 4) is 0 Å². The van der Waals surface area contributed by atoms with Crippen LogP contribution in [0.1, 0.15) is 55.2 Å². The number of carbonyl (C=O) groups excluding carboxylic acids is 1. The number of aryl methyl sites for hydroxylation is 1. The molecule has 1 aliphatic rings. The first kappa shape index (κ1) is 19.6. The summed E-state index contributed by atoms with van der Waals surface area (Å²) < 4.78 is 0. The highest BCUT2D eigenvalue weighted by atomic mass is 16.1. The summed E-state index contributed by atoms with van der Waals surface area (Å²) in [6, 6.07) is 19.1. The molecule has 0 aromatic heterocycles. The lowest BCUT2D eigenvalue weighted by Crippen LogP contribution is -2.45. The Morgan fingerprint density at radius 2 is 1.74 bits per heavy atom. The van der Waals surface area contributed by atoms with Gasteiger partial charge in [0.2, 0.25) is 5.91 Å². The van der Waals surface area contributed by atoms with Gasteiger partial charge in [-0.1, -0.05) is 61.5 Å². The topological polar surface area (TPSA) is 32.3 Å². The largest absolute Gasteiger partial charge is 0.353 e. The first-order valence-corrected chi connectivity index (χ1v) is 10.3. The van der Waals surface area contributed by atoms with E-state index in [4.69, 9.17) is 0 Å². The van der Waals surface area contributed by atoms with Gasteiger partial charge in [-0.3, -0.25) is 4.79 Å². The number of amides is 1. The maximum Gasteiger partial charge on any atom is 0.221 e. The zero-order valence-corrected chi connectivity index (χ0v) is 16.7. The second-order valence-corrected chi connectivity index (χ2v) is 7.71. The highest BCUT2D eigenvalue weighted by Crippen LogP contribution is 2.30. The number of hydrogen-bond acceptors (Lipinski definition) is 2. The molecule has 144 valence electrons. The molecule has 0 radical (unpaired) electrons. The van der Waals surface area contributed by atoms with Crippen LogP contribution in [0.25, 0.3) is 0 Å². The third-order valence-electron chi connectivity index (χ3n) is 5.65. The summed E-state index contributed by atoms with van der Waals surface area (Å²) in [5, 5.41) is 3.31. The summed E-state index contributed by atoms with van der Waals surface area (Å²) in [5.74, 6) is 0.272. The number of piperidine rings is 1. The minimum absolute atomic E-state index is 0.104. The van der Waals surface area contributed by atoms with Gasteiger partial charge >= 0.3 is 0 Å². The molecule has 1 atom stereocenters. The van der Waals surface area contributed by atoms with E-state index in [1.54, 1.807) is 0 Å². The molecule has 3 heteroatoms. The number of likely N-dealkylation sites (tertiary alicyclic amines) is 1. The van der Waals surface area contributed by atoms with E-state index in [0.29, 0.717) is 12.5 Å². The Hall–Kier alpha value is -2.13. The van der Waals surface area contributed by atoms with Gasteiger partial charge in [0.1, 0.15) is 0 Å². The fourth-order valence-electron chi connectivity index (χ4n) is 4.16. The van der Waals surface area contributed by atoms with Crippen LogP contribution in [0.2, 0.25) is 0 Å². The number of rotatable bonds is 7. The summed E-state index contributed by atoms with van der Waals surface area (Å²) in [6.45, 7) is 7.72. The molecule has 2 aromatic rings. The maximum atomic E-state index is 12.9. The van der Waals surface area contributed by atoms with Crippen LogP contribution in [0.4, 0.5) is 0 Å². The van der Waals surface area contributed by atoms with Crippen molar-refractivity contribution in [1.82, 2.24) is 10.2 Å². The van der Waals surface area contributed by atoms with Crippen molar-refractivity contribution in [2.24, 2.45) is 0 Å². The number of carbonyl (C=O) groups is 1. The molecule has 0 aliphatic carbocycles. The van der Waals surface area contributed by atoms with Crippen LogP contribution in [-0.4, -0.2) is 36.5 Å². The molecule has 0 bridgehead atoms. The molecule has 1 heterocycles. The lowest BCUT2D eigenvalue weighted by Gasteiger charge is -2.32. The van der Waals surface area contributed by atoms with Gasteiger partial charge in [0.25, 0.3) is 0 Å². The Labute approximate surface area is 163 Å². The number of hydrogen-bond donors (Lipinski definition) is 1. The van der Waals surface area contributed by atoms with Gasteiger partial charge in [0, 0.05) is 31.5 Å². The summed E-state index contributed by atoms with van der Waals surface area (Å²) in [7, 11) is 0. The molecule has 1 N–H and O–H groups in total. The quantitative estimate of drug-likeness (QED) is 0.784. The molecular weight excluding hydrogens is 332 g/mol. The highest BCUT2D eigenvalue weighted by molar-refractivity contribution is 5.78. The van der Waals surface area contributed by atoms with E-state index in [1.165, 1.54) is 29.7 Å². The third kappa shape index (κ3) is 5.43. The normalized spacial score (nSPS) is 16.8. The van der Waals surface area contributed by atoms with E-state index in [2.05, 4.69) is 72.6 Å². The van der Waals surface area contributed by atoms with Gasteiger partial charge in [-0.2, -0.15) is 0 Å². The summed E-state index contributed by atoms with van der Waals surface area (Å²) in [6.07, 6.45) is 3.83. The fourth-order valence-corrected chi connectivity index (χ4v) is 4.16. The van der Waals surface area contributed by atoms with Crippen molar-refractivity contribution >= 4 is 5.91 Å². The summed E-state index contributed by atoms with van der Waals surface area (Å²) in [4.78, 5) is 15.4. The van der Waals surface area contributed by atoms with Crippen LogP contribution >= 0.6 is 0 Å². The summed E-state index contributed by atoms with van der Waals surface area (Å²) >= 11 is 0.